The highest BCUT2D eigenvalue weighted by molar-refractivity contribution is 5.95. The van der Waals surface area contributed by atoms with Crippen molar-refractivity contribution < 1.29 is 9.59 Å². The van der Waals surface area contributed by atoms with Crippen LogP contribution in [0, 0.1) is 5.41 Å². The second-order valence-electron chi connectivity index (χ2n) is 6.55. The molecule has 0 aliphatic carbocycles. The van der Waals surface area contributed by atoms with Crippen LogP contribution >= 0.6 is 0 Å². The average Bonchev–Trinajstić information content (AvgIpc) is 2.37. The van der Waals surface area contributed by atoms with E-state index < -0.39 is 0 Å². The first-order chi connectivity index (χ1) is 9.73. The van der Waals surface area contributed by atoms with E-state index in [0.29, 0.717) is 6.42 Å². The fourth-order valence-electron chi connectivity index (χ4n) is 2.03. The third-order valence-corrected chi connectivity index (χ3v) is 3.16. The van der Waals surface area contributed by atoms with Crippen LogP contribution in [0.15, 0.2) is 24.3 Å². The van der Waals surface area contributed by atoms with Gasteiger partial charge in [0.15, 0.2) is 0 Å². The van der Waals surface area contributed by atoms with Crippen molar-refractivity contribution in [3.8, 4) is 0 Å². The lowest BCUT2D eigenvalue weighted by molar-refractivity contribution is -0.134. The number of anilines is 1. The van der Waals surface area contributed by atoms with Gasteiger partial charge in [0.25, 0.3) is 0 Å². The van der Waals surface area contributed by atoms with Gasteiger partial charge < -0.3 is 10.2 Å². The van der Waals surface area contributed by atoms with Gasteiger partial charge in [-0.15, -0.1) is 0 Å². The largest absolute Gasteiger partial charge is 0.336 e. The molecule has 0 aliphatic heterocycles. The monoisotopic (exact) mass is 290 g/mol. The molecule has 0 aromatic heterocycles. The summed E-state index contributed by atoms with van der Waals surface area (Å²) < 4.78 is 0. The van der Waals surface area contributed by atoms with Crippen LogP contribution in [-0.4, -0.2) is 30.3 Å². The maximum absolute atomic E-state index is 12.1. The van der Waals surface area contributed by atoms with Crippen molar-refractivity contribution in [1.29, 1.82) is 0 Å². The maximum atomic E-state index is 12.1. The Kier molecular flexibility index (Phi) is 5.94. The first-order valence-corrected chi connectivity index (χ1v) is 7.34. The van der Waals surface area contributed by atoms with E-state index in [1.807, 2.05) is 52.0 Å². The third-order valence-electron chi connectivity index (χ3n) is 3.16. The maximum Gasteiger partial charge on any atom is 0.243 e. The number of benzene rings is 1. The van der Waals surface area contributed by atoms with Gasteiger partial charge in [-0.3, -0.25) is 9.59 Å². The van der Waals surface area contributed by atoms with Gasteiger partial charge in [0.2, 0.25) is 11.8 Å². The van der Waals surface area contributed by atoms with E-state index in [9.17, 15) is 9.59 Å². The minimum atomic E-state index is -0.166. The molecule has 1 aromatic carbocycles. The Bertz CT molecular complexity index is 504. The lowest BCUT2D eigenvalue weighted by Gasteiger charge is -2.23. The van der Waals surface area contributed by atoms with Gasteiger partial charge in [-0.05, 0) is 23.5 Å². The van der Waals surface area contributed by atoms with E-state index in [1.165, 1.54) is 4.90 Å². The van der Waals surface area contributed by atoms with Crippen molar-refractivity contribution >= 4 is 17.5 Å². The first kappa shape index (κ1) is 17.2. The zero-order chi connectivity index (χ0) is 16.0. The minimum absolute atomic E-state index is 0.0126. The lowest BCUT2D eigenvalue weighted by atomic mass is 9.92. The Labute approximate surface area is 127 Å². The van der Waals surface area contributed by atoms with Gasteiger partial charge in [0.05, 0.1) is 6.54 Å². The van der Waals surface area contributed by atoms with Crippen molar-refractivity contribution in [3.05, 3.63) is 29.8 Å². The Morgan fingerprint density at radius 1 is 1.19 bits per heavy atom. The van der Waals surface area contributed by atoms with Crippen molar-refractivity contribution in [2.45, 2.75) is 40.5 Å². The number of nitrogens with zero attached hydrogens (tertiary/aromatic N) is 1. The number of likely N-dealkylation sites (N-methyl/N-ethyl adjacent to an activating group) is 1. The quantitative estimate of drug-likeness (QED) is 0.906. The molecule has 0 radical (unpaired) electrons. The second kappa shape index (κ2) is 7.25. The molecule has 0 aliphatic rings. The zero-order valence-corrected chi connectivity index (χ0v) is 13.7. The average molecular weight is 290 g/mol. The number of rotatable bonds is 5. The summed E-state index contributed by atoms with van der Waals surface area (Å²) in [6.07, 6.45) is 1.29. The molecule has 21 heavy (non-hydrogen) atoms. The molecule has 0 saturated carbocycles. The molecule has 0 unspecified atom stereocenters. The van der Waals surface area contributed by atoms with Gasteiger partial charge in [0.1, 0.15) is 0 Å². The normalized spacial score (nSPS) is 11.1. The minimum Gasteiger partial charge on any atom is -0.336 e. The highest BCUT2D eigenvalue weighted by atomic mass is 16.2. The summed E-state index contributed by atoms with van der Waals surface area (Å²) in [4.78, 5) is 25.6. The van der Waals surface area contributed by atoms with Crippen molar-refractivity contribution in [1.82, 2.24) is 4.90 Å². The van der Waals surface area contributed by atoms with Crippen LogP contribution < -0.4 is 5.32 Å². The fourth-order valence-corrected chi connectivity index (χ4v) is 2.03. The lowest BCUT2D eigenvalue weighted by Crippen LogP contribution is -2.36. The highest BCUT2D eigenvalue weighted by Gasteiger charge is 2.20. The Hall–Kier alpha value is -1.84. The molecule has 0 fully saturated rings. The molecule has 0 spiro atoms. The van der Waals surface area contributed by atoms with Crippen LogP contribution in [0.1, 0.15) is 39.7 Å². The fraction of sp³-hybridized carbons (Fsp3) is 0.529. The van der Waals surface area contributed by atoms with E-state index in [-0.39, 0.29) is 23.8 Å². The molecule has 116 valence electrons. The smallest absolute Gasteiger partial charge is 0.243 e. The SMILES string of the molecule is CCc1ccccc1NC(=O)CN(C)C(=O)CC(C)(C)C. The van der Waals surface area contributed by atoms with Crippen molar-refractivity contribution in [2.75, 3.05) is 18.9 Å². The van der Waals surface area contributed by atoms with Crippen LogP contribution in [0.25, 0.3) is 0 Å². The van der Waals surface area contributed by atoms with E-state index in [0.717, 1.165) is 17.7 Å². The predicted molar refractivity (Wildman–Crippen MR) is 86.2 cm³/mol. The van der Waals surface area contributed by atoms with Crippen LogP contribution in [0.4, 0.5) is 5.69 Å². The summed E-state index contributed by atoms with van der Waals surface area (Å²) in [5.41, 5.74) is 1.84. The molecule has 1 N–H and O–H groups in total. The van der Waals surface area contributed by atoms with Gasteiger partial charge in [-0.1, -0.05) is 45.9 Å². The molecule has 1 rings (SSSR count). The van der Waals surface area contributed by atoms with E-state index >= 15 is 0 Å². The standard InChI is InChI=1S/C17H26N2O2/c1-6-13-9-7-8-10-14(13)18-15(20)12-19(5)16(21)11-17(2,3)4/h7-10H,6,11-12H2,1-5H3,(H,18,20). The summed E-state index contributed by atoms with van der Waals surface area (Å²) in [5, 5.41) is 2.88. The molecular weight excluding hydrogens is 264 g/mol. The predicted octanol–water partition coefficient (Wildman–Crippen LogP) is 3.08. The van der Waals surface area contributed by atoms with Crippen LogP contribution in [-0.2, 0) is 16.0 Å². The molecular formula is C17H26N2O2. The molecule has 0 heterocycles. The molecule has 0 saturated heterocycles. The summed E-state index contributed by atoms with van der Waals surface area (Å²) in [6.45, 7) is 8.15. The number of para-hydroxylation sites is 1. The number of carbonyl (C=O) groups is 2. The number of hydrogen-bond acceptors (Lipinski definition) is 2. The van der Waals surface area contributed by atoms with E-state index in [4.69, 9.17) is 0 Å². The van der Waals surface area contributed by atoms with E-state index in [2.05, 4.69) is 5.32 Å². The van der Waals surface area contributed by atoms with Crippen LogP contribution in [0.3, 0.4) is 0 Å². The van der Waals surface area contributed by atoms with Crippen molar-refractivity contribution in [3.63, 3.8) is 0 Å². The first-order valence-electron chi connectivity index (χ1n) is 7.34. The summed E-state index contributed by atoms with van der Waals surface area (Å²) in [7, 11) is 1.67. The van der Waals surface area contributed by atoms with Gasteiger partial charge >= 0.3 is 0 Å². The zero-order valence-electron chi connectivity index (χ0n) is 13.7. The molecule has 2 amide bonds. The van der Waals surface area contributed by atoms with Crippen LogP contribution in [0.5, 0.6) is 0 Å². The topological polar surface area (TPSA) is 49.4 Å². The van der Waals surface area contributed by atoms with E-state index in [1.54, 1.807) is 7.05 Å². The molecule has 0 bridgehead atoms. The van der Waals surface area contributed by atoms with Gasteiger partial charge in [-0.2, -0.15) is 0 Å². The highest BCUT2D eigenvalue weighted by Crippen LogP contribution is 2.19. The van der Waals surface area contributed by atoms with Crippen LogP contribution in [0.2, 0.25) is 0 Å². The molecule has 4 nitrogen and oxygen atoms in total. The summed E-state index contributed by atoms with van der Waals surface area (Å²) in [5.74, 6) is -0.179. The molecule has 4 heteroatoms. The Balaban J connectivity index is 2.59. The van der Waals surface area contributed by atoms with Gasteiger partial charge in [-0.25, -0.2) is 0 Å². The number of amides is 2. The molecule has 0 atom stereocenters. The Morgan fingerprint density at radius 2 is 1.81 bits per heavy atom. The number of nitrogens with one attached hydrogen (secondary N) is 1. The molecule has 1 aromatic rings. The summed E-state index contributed by atoms with van der Waals surface area (Å²) in [6, 6.07) is 7.72. The second-order valence-corrected chi connectivity index (χ2v) is 6.55. The number of carbonyl (C=O) groups excluding carboxylic acids is 2. The third kappa shape index (κ3) is 5.98. The Morgan fingerprint density at radius 3 is 2.38 bits per heavy atom. The summed E-state index contributed by atoms with van der Waals surface area (Å²) >= 11 is 0. The number of aryl methyl sites for hydroxylation is 1. The van der Waals surface area contributed by atoms with Gasteiger partial charge in [0, 0.05) is 19.2 Å². The van der Waals surface area contributed by atoms with Crippen molar-refractivity contribution in [2.24, 2.45) is 5.41 Å². The number of hydrogen-bond donors (Lipinski definition) is 1.